The van der Waals surface area contributed by atoms with Crippen molar-refractivity contribution in [1.82, 2.24) is 9.78 Å². The summed E-state index contributed by atoms with van der Waals surface area (Å²) in [5.74, 6) is 1.41. The van der Waals surface area contributed by atoms with Gasteiger partial charge in [0.15, 0.2) is 5.75 Å². The Morgan fingerprint density at radius 1 is 1.00 bits per heavy atom. The molecule has 2 aromatic carbocycles. The van der Waals surface area contributed by atoms with Gasteiger partial charge in [-0.25, -0.2) is 4.68 Å². The Balaban J connectivity index is 1.84. The predicted molar refractivity (Wildman–Crippen MR) is 76.8 cm³/mol. The van der Waals surface area contributed by atoms with Gasteiger partial charge in [-0.1, -0.05) is 23.7 Å². The SMILES string of the molecule is Oc1ccccc1-n1cc(Oc2ccc(Cl)cc2)cn1. The minimum Gasteiger partial charge on any atom is -0.506 e. The summed E-state index contributed by atoms with van der Waals surface area (Å²) in [6.07, 6.45) is 3.28. The zero-order valence-corrected chi connectivity index (χ0v) is 11.2. The second kappa shape index (κ2) is 5.27. The van der Waals surface area contributed by atoms with Crippen LogP contribution in [-0.4, -0.2) is 14.9 Å². The van der Waals surface area contributed by atoms with Crippen molar-refractivity contribution in [2.45, 2.75) is 0 Å². The molecule has 0 aliphatic heterocycles. The molecule has 0 unspecified atom stereocenters. The molecule has 1 N–H and O–H groups in total. The number of rotatable bonds is 3. The number of ether oxygens (including phenoxy) is 1. The summed E-state index contributed by atoms with van der Waals surface area (Å²) < 4.78 is 7.21. The fourth-order valence-corrected chi connectivity index (χ4v) is 1.91. The predicted octanol–water partition coefficient (Wildman–Crippen LogP) is 4.02. The lowest BCUT2D eigenvalue weighted by Crippen LogP contribution is -1.93. The van der Waals surface area contributed by atoms with E-state index in [-0.39, 0.29) is 5.75 Å². The Hall–Kier alpha value is -2.46. The third-order valence-corrected chi connectivity index (χ3v) is 2.99. The molecule has 3 rings (SSSR count). The molecule has 0 aliphatic rings. The van der Waals surface area contributed by atoms with E-state index in [1.165, 1.54) is 0 Å². The van der Waals surface area contributed by atoms with E-state index in [2.05, 4.69) is 5.10 Å². The Morgan fingerprint density at radius 3 is 2.50 bits per heavy atom. The molecule has 0 saturated heterocycles. The number of aromatic nitrogens is 2. The summed E-state index contributed by atoms with van der Waals surface area (Å²) in [5.41, 5.74) is 0.596. The number of aromatic hydroxyl groups is 1. The fraction of sp³-hybridized carbons (Fsp3) is 0. The van der Waals surface area contributed by atoms with Crippen LogP contribution >= 0.6 is 11.6 Å². The summed E-state index contributed by atoms with van der Waals surface area (Å²) in [7, 11) is 0. The van der Waals surface area contributed by atoms with Crippen LogP contribution in [0.4, 0.5) is 0 Å². The summed E-state index contributed by atoms with van der Waals surface area (Å²) in [6.45, 7) is 0. The molecular formula is C15H11ClN2O2. The van der Waals surface area contributed by atoms with Crippen molar-refractivity contribution >= 4 is 11.6 Å². The quantitative estimate of drug-likeness (QED) is 0.791. The van der Waals surface area contributed by atoms with Gasteiger partial charge in [0.1, 0.15) is 17.2 Å². The van der Waals surface area contributed by atoms with Gasteiger partial charge in [-0.05, 0) is 36.4 Å². The van der Waals surface area contributed by atoms with Crippen molar-refractivity contribution in [3.05, 3.63) is 65.9 Å². The highest BCUT2D eigenvalue weighted by Crippen LogP contribution is 2.25. The highest BCUT2D eigenvalue weighted by atomic mass is 35.5. The lowest BCUT2D eigenvalue weighted by Gasteiger charge is -2.04. The van der Waals surface area contributed by atoms with Crippen LogP contribution in [0.2, 0.25) is 5.02 Å². The molecule has 0 bridgehead atoms. The number of halogens is 1. The maximum absolute atomic E-state index is 9.78. The normalized spacial score (nSPS) is 10.4. The molecule has 5 heteroatoms. The van der Waals surface area contributed by atoms with Crippen LogP contribution < -0.4 is 4.74 Å². The number of phenolic OH excluding ortho intramolecular Hbond substituents is 1. The zero-order chi connectivity index (χ0) is 13.9. The van der Waals surface area contributed by atoms with Gasteiger partial charge in [0.25, 0.3) is 0 Å². The summed E-state index contributed by atoms with van der Waals surface area (Å²) in [6, 6.07) is 14.0. The van der Waals surface area contributed by atoms with Crippen LogP contribution in [0.3, 0.4) is 0 Å². The van der Waals surface area contributed by atoms with Gasteiger partial charge in [0, 0.05) is 5.02 Å². The largest absolute Gasteiger partial charge is 0.506 e. The molecule has 0 saturated carbocycles. The highest BCUT2D eigenvalue weighted by molar-refractivity contribution is 6.30. The van der Waals surface area contributed by atoms with Gasteiger partial charge in [-0.3, -0.25) is 0 Å². The summed E-state index contributed by atoms with van der Waals surface area (Å²) >= 11 is 5.82. The molecule has 0 amide bonds. The zero-order valence-electron chi connectivity index (χ0n) is 10.4. The molecule has 0 aliphatic carbocycles. The average molecular weight is 287 g/mol. The van der Waals surface area contributed by atoms with Gasteiger partial charge < -0.3 is 9.84 Å². The van der Waals surface area contributed by atoms with E-state index in [0.29, 0.717) is 22.2 Å². The maximum Gasteiger partial charge on any atom is 0.165 e. The first-order valence-corrected chi connectivity index (χ1v) is 6.36. The highest BCUT2D eigenvalue weighted by Gasteiger charge is 2.06. The standard InChI is InChI=1S/C15H11ClN2O2/c16-11-5-7-12(8-6-11)20-13-9-17-18(10-13)14-3-1-2-4-15(14)19/h1-10,19H. The maximum atomic E-state index is 9.78. The first kappa shape index (κ1) is 12.6. The Labute approximate surface area is 120 Å². The van der Waals surface area contributed by atoms with Crippen molar-refractivity contribution in [2.75, 3.05) is 0 Å². The Morgan fingerprint density at radius 2 is 1.75 bits per heavy atom. The molecule has 0 radical (unpaired) electrons. The minimum atomic E-state index is 0.161. The molecule has 3 aromatic rings. The van der Waals surface area contributed by atoms with E-state index in [0.717, 1.165) is 0 Å². The Kier molecular flexibility index (Phi) is 3.31. The summed E-state index contributed by atoms with van der Waals surface area (Å²) in [5, 5.41) is 14.6. The molecule has 1 heterocycles. The van der Waals surface area contributed by atoms with Crippen LogP contribution in [0.15, 0.2) is 60.9 Å². The van der Waals surface area contributed by atoms with Gasteiger partial charge >= 0.3 is 0 Å². The summed E-state index contributed by atoms with van der Waals surface area (Å²) in [4.78, 5) is 0. The fourth-order valence-electron chi connectivity index (χ4n) is 1.79. The number of nitrogens with zero attached hydrogens (tertiary/aromatic N) is 2. The monoisotopic (exact) mass is 286 g/mol. The van der Waals surface area contributed by atoms with E-state index >= 15 is 0 Å². The lowest BCUT2D eigenvalue weighted by molar-refractivity contribution is 0.469. The van der Waals surface area contributed by atoms with Gasteiger partial charge in [-0.2, -0.15) is 5.10 Å². The van der Waals surface area contributed by atoms with E-state index < -0.39 is 0 Å². The van der Waals surface area contributed by atoms with Crippen molar-refractivity contribution in [1.29, 1.82) is 0 Å². The topological polar surface area (TPSA) is 47.3 Å². The Bertz CT molecular complexity index is 723. The van der Waals surface area contributed by atoms with E-state index in [1.54, 1.807) is 59.5 Å². The van der Waals surface area contributed by atoms with Gasteiger partial charge in [-0.15, -0.1) is 0 Å². The minimum absolute atomic E-state index is 0.161. The molecule has 4 nitrogen and oxygen atoms in total. The second-order valence-electron chi connectivity index (χ2n) is 4.17. The van der Waals surface area contributed by atoms with E-state index in [1.807, 2.05) is 6.07 Å². The number of benzene rings is 2. The second-order valence-corrected chi connectivity index (χ2v) is 4.60. The van der Waals surface area contributed by atoms with Crippen molar-refractivity contribution in [2.24, 2.45) is 0 Å². The van der Waals surface area contributed by atoms with Gasteiger partial charge in [0.05, 0.1) is 12.4 Å². The molecule has 0 fully saturated rings. The molecular weight excluding hydrogens is 276 g/mol. The lowest BCUT2D eigenvalue weighted by atomic mass is 10.3. The molecule has 0 spiro atoms. The smallest absolute Gasteiger partial charge is 0.165 e. The first-order chi connectivity index (χ1) is 9.72. The van der Waals surface area contributed by atoms with E-state index in [9.17, 15) is 5.11 Å². The van der Waals surface area contributed by atoms with Crippen molar-refractivity contribution < 1.29 is 9.84 Å². The molecule has 1 aromatic heterocycles. The van der Waals surface area contributed by atoms with Crippen molar-refractivity contribution in [3.8, 4) is 22.9 Å². The molecule has 20 heavy (non-hydrogen) atoms. The number of phenols is 1. The first-order valence-electron chi connectivity index (χ1n) is 5.99. The average Bonchev–Trinajstić information content (AvgIpc) is 2.90. The van der Waals surface area contributed by atoms with Crippen LogP contribution in [0.25, 0.3) is 5.69 Å². The van der Waals surface area contributed by atoms with Crippen LogP contribution in [0.5, 0.6) is 17.2 Å². The van der Waals surface area contributed by atoms with Crippen LogP contribution in [-0.2, 0) is 0 Å². The third kappa shape index (κ3) is 2.60. The molecule has 100 valence electrons. The number of hydrogen-bond acceptors (Lipinski definition) is 3. The van der Waals surface area contributed by atoms with E-state index in [4.69, 9.17) is 16.3 Å². The number of hydrogen-bond donors (Lipinski definition) is 1. The third-order valence-electron chi connectivity index (χ3n) is 2.74. The van der Waals surface area contributed by atoms with Crippen molar-refractivity contribution in [3.63, 3.8) is 0 Å². The van der Waals surface area contributed by atoms with Gasteiger partial charge in [0.2, 0.25) is 0 Å². The van der Waals surface area contributed by atoms with Crippen LogP contribution in [0, 0.1) is 0 Å². The molecule has 0 atom stereocenters. The van der Waals surface area contributed by atoms with Crippen LogP contribution in [0.1, 0.15) is 0 Å². The number of para-hydroxylation sites is 2.